The van der Waals surface area contributed by atoms with Crippen LogP contribution in [0.3, 0.4) is 0 Å². The molecule has 5 nitrogen and oxygen atoms in total. The fourth-order valence-corrected chi connectivity index (χ4v) is 2.79. The molecule has 6 heteroatoms. The van der Waals surface area contributed by atoms with E-state index in [0.29, 0.717) is 12.3 Å². The van der Waals surface area contributed by atoms with Gasteiger partial charge in [0.05, 0.1) is 12.8 Å². The molecule has 0 atom stereocenters. The van der Waals surface area contributed by atoms with E-state index in [9.17, 15) is 4.79 Å². The molecule has 0 saturated carbocycles. The first-order valence-corrected chi connectivity index (χ1v) is 7.95. The van der Waals surface area contributed by atoms with Crippen LogP contribution < -0.4 is 0 Å². The summed E-state index contributed by atoms with van der Waals surface area (Å²) < 4.78 is 6.56. The third-order valence-electron chi connectivity index (χ3n) is 3.01. The highest BCUT2D eigenvalue weighted by molar-refractivity contribution is 7.98. The maximum atomic E-state index is 11.7. The number of imidazole rings is 1. The summed E-state index contributed by atoms with van der Waals surface area (Å²) in [5.41, 5.74) is 2.15. The van der Waals surface area contributed by atoms with Crippen molar-refractivity contribution in [1.29, 1.82) is 0 Å². The molecule has 0 spiro atoms. The average Bonchev–Trinajstić information content (AvgIpc) is 2.97. The van der Waals surface area contributed by atoms with E-state index >= 15 is 0 Å². The quantitative estimate of drug-likeness (QED) is 0.535. The summed E-state index contributed by atoms with van der Waals surface area (Å²) in [6.45, 7) is 2.10. The Balaban J connectivity index is 1.76. The number of carbonyl (C=O) groups excluding carboxylic acids is 1. The number of aromatic nitrogens is 3. The van der Waals surface area contributed by atoms with Crippen molar-refractivity contribution in [1.82, 2.24) is 14.6 Å². The van der Waals surface area contributed by atoms with E-state index in [2.05, 4.69) is 22.2 Å². The van der Waals surface area contributed by atoms with Crippen molar-refractivity contribution in [2.24, 2.45) is 0 Å². The SMILES string of the molecule is CCOC(=O)c1cn2nc(SCc3ccccc3)ccc2n1. The lowest BCUT2D eigenvalue weighted by atomic mass is 10.2. The van der Waals surface area contributed by atoms with Gasteiger partial charge < -0.3 is 4.74 Å². The van der Waals surface area contributed by atoms with E-state index in [1.807, 2.05) is 30.3 Å². The first kappa shape index (κ1) is 14.6. The molecule has 0 aliphatic heterocycles. The molecule has 0 aliphatic rings. The molecule has 0 saturated heterocycles. The fourth-order valence-electron chi connectivity index (χ4n) is 1.98. The number of esters is 1. The number of hydrogen-bond acceptors (Lipinski definition) is 5. The molecule has 0 aliphatic carbocycles. The summed E-state index contributed by atoms with van der Waals surface area (Å²) in [7, 11) is 0. The number of carbonyl (C=O) groups is 1. The van der Waals surface area contributed by atoms with E-state index in [-0.39, 0.29) is 5.69 Å². The Hall–Kier alpha value is -2.34. The Kier molecular flexibility index (Phi) is 4.39. The molecule has 0 radical (unpaired) electrons. The van der Waals surface area contributed by atoms with Crippen molar-refractivity contribution < 1.29 is 9.53 Å². The van der Waals surface area contributed by atoms with E-state index in [4.69, 9.17) is 4.74 Å². The van der Waals surface area contributed by atoms with Crippen LogP contribution >= 0.6 is 11.8 Å². The van der Waals surface area contributed by atoms with Crippen LogP contribution in [-0.2, 0) is 10.5 Å². The van der Waals surface area contributed by atoms with E-state index < -0.39 is 5.97 Å². The Morgan fingerprint density at radius 3 is 2.82 bits per heavy atom. The predicted molar refractivity (Wildman–Crippen MR) is 84.9 cm³/mol. The number of ether oxygens (including phenoxy) is 1. The molecule has 0 unspecified atom stereocenters. The Bertz CT molecular complexity index is 786. The van der Waals surface area contributed by atoms with Gasteiger partial charge in [-0.25, -0.2) is 14.3 Å². The first-order valence-electron chi connectivity index (χ1n) is 6.96. The van der Waals surface area contributed by atoms with Crippen molar-refractivity contribution >= 4 is 23.4 Å². The second-order valence-corrected chi connectivity index (χ2v) is 5.59. The molecule has 0 bridgehead atoms. The van der Waals surface area contributed by atoms with Crippen LogP contribution in [0.15, 0.2) is 53.7 Å². The van der Waals surface area contributed by atoms with Gasteiger partial charge in [0.2, 0.25) is 0 Å². The predicted octanol–water partition coefficient (Wildman–Crippen LogP) is 3.20. The third-order valence-corrected chi connectivity index (χ3v) is 4.00. The maximum absolute atomic E-state index is 11.7. The maximum Gasteiger partial charge on any atom is 0.358 e. The van der Waals surface area contributed by atoms with Gasteiger partial charge in [-0.1, -0.05) is 42.1 Å². The molecule has 0 N–H and O–H groups in total. The van der Waals surface area contributed by atoms with Gasteiger partial charge in [-0.2, -0.15) is 5.10 Å². The second kappa shape index (κ2) is 6.62. The van der Waals surface area contributed by atoms with Crippen LogP contribution in [0.1, 0.15) is 23.0 Å². The smallest absolute Gasteiger partial charge is 0.358 e. The van der Waals surface area contributed by atoms with Crippen LogP contribution in [0.5, 0.6) is 0 Å². The summed E-state index contributed by atoms with van der Waals surface area (Å²) in [6.07, 6.45) is 1.60. The van der Waals surface area contributed by atoms with Crippen LogP contribution in [-0.4, -0.2) is 27.2 Å². The van der Waals surface area contributed by atoms with Crippen LogP contribution in [0.25, 0.3) is 5.65 Å². The Morgan fingerprint density at radius 1 is 1.23 bits per heavy atom. The number of fused-ring (bicyclic) bond motifs is 1. The van der Waals surface area contributed by atoms with Crippen LogP contribution in [0.2, 0.25) is 0 Å². The lowest BCUT2D eigenvalue weighted by Crippen LogP contribution is -2.04. The van der Waals surface area contributed by atoms with Crippen molar-refractivity contribution in [3.63, 3.8) is 0 Å². The Morgan fingerprint density at radius 2 is 2.05 bits per heavy atom. The summed E-state index contributed by atoms with van der Waals surface area (Å²) in [6, 6.07) is 14.0. The van der Waals surface area contributed by atoms with Gasteiger partial charge in [-0.3, -0.25) is 0 Å². The minimum atomic E-state index is -0.425. The minimum absolute atomic E-state index is 0.277. The number of hydrogen-bond donors (Lipinski definition) is 0. The molecule has 1 aromatic carbocycles. The molecule has 3 aromatic rings. The van der Waals surface area contributed by atoms with Crippen LogP contribution in [0, 0.1) is 0 Å². The standard InChI is InChI=1S/C16H15N3O2S/c1-2-21-16(20)13-10-19-14(17-13)8-9-15(18-19)22-11-12-6-4-3-5-7-12/h3-10H,2,11H2,1H3. The highest BCUT2D eigenvalue weighted by atomic mass is 32.2. The van der Waals surface area contributed by atoms with Crippen molar-refractivity contribution in [3.05, 3.63) is 59.9 Å². The van der Waals surface area contributed by atoms with Gasteiger partial charge in [0.1, 0.15) is 5.03 Å². The monoisotopic (exact) mass is 313 g/mol. The lowest BCUT2D eigenvalue weighted by molar-refractivity contribution is 0.0520. The zero-order valence-electron chi connectivity index (χ0n) is 12.1. The van der Waals surface area contributed by atoms with Crippen molar-refractivity contribution in [3.8, 4) is 0 Å². The number of benzene rings is 1. The fraction of sp³-hybridized carbons (Fsp3) is 0.188. The molecular formula is C16H15N3O2S. The highest BCUT2D eigenvalue weighted by Gasteiger charge is 2.12. The van der Waals surface area contributed by atoms with Gasteiger partial charge in [-0.15, -0.1) is 0 Å². The Labute approximate surface area is 132 Å². The third kappa shape index (κ3) is 3.28. The number of rotatable bonds is 5. The molecule has 2 heterocycles. The van der Waals surface area contributed by atoms with Crippen molar-refractivity contribution in [2.75, 3.05) is 6.61 Å². The summed E-state index contributed by atoms with van der Waals surface area (Å²) in [4.78, 5) is 15.9. The van der Waals surface area contributed by atoms with Gasteiger partial charge in [0.15, 0.2) is 11.3 Å². The van der Waals surface area contributed by atoms with Gasteiger partial charge in [0.25, 0.3) is 0 Å². The second-order valence-electron chi connectivity index (χ2n) is 4.60. The van der Waals surface area contributed by atoms with Gasteiger partial charge >= 0.3 is 5.97 Å². The summed E-state index contributed by atoms with van der Waals surface area (Å²) >= 11 is 1.64. The summed E-state index contributed by atoms with van der Waals surface area (Å²) in [5.74, 6) is 0.421. The van der Waals surface area contributed by atoms with Gasteiger partial charge in [-0.05, 0) is 24.6 Å². The first-order chi connectivity index (χ1) is 10.8. The zero-order chi connectivity index (χ0) is 15.4. The lowest BCUT2D eigenvalue weighted by Gasteiger charge is -2.01. The number of thioether (sulfide) groups is 1. The molecular weight excluding hydrogens is 298 g/mol. The van der Waals surface area contributed by atoms with E-state index in [0.717, 1.165) is 10.8 Å². The molecule has 112 valence electrons. The normalized spacial score (nSPS) is 10.8. The minimum Gasteiger partial charge on any atom is -0.461 e. The molecule has 22 heavy (non-hydrogen) atoms. The van der Waals surface area contributed by atoms with E-state index in [1.165, 1.54) is 5.56 Å². The van der Waals surface area contributed by atoms with Crippen LogP contribution in [0.4, 0.5) is 0 Å². The zero-order valence-corrected chi connectivity index (χ0v) is 12.9. The molecule has 2 aromatic heterocycles. The highest BCUT2D eigenvalue weighted by Crippen LogP contribution is 2.21. The molecule has 0 fully saturated rings. The van der Waals surface area contributed by atoms with Crippen molar-refractivity contribution in [2.45, 2.75) is 17.7 Å². The average molecular weight is 313 g/mol. The molecule has 3 rings (SSSR count). The number of nitrogens with zero attached hydrogens (tertiary/aromatic N) is 3. The largest absolute Gasteiger partial charge is 0.461 e. The molecule has 0 amide bonds. The van der Waals surface area contributed by atoms with E-state index in [1.54, 1.807) is 29.4 Å². The summed E-state index contributed by atoms with van der Waals surface area (Å²) in [5, 5.41) is 5.34. The topological polar surface area (TPSA) is 56.5 Å². The van der Waals surface area contributed by atoms with Gasteiger partial charge in [0, 0.05) is 5.75 Å².